The normalized spacial score (nSPS) is 19.9. The Labute approximate surface area is 134 Å². The highest BCUT2D eigenvalue weighted by molar-refractivity contribution is 5.84. The number of hydrazone groups is 1. The predicted octanol–water partition coefficient (Wildman–Crippen LogP) is 2.53. The first-order chi connectivity index (χ1) is 11.1. The van der Waals surface area contributed by atoms with Crippen molar-refractivity contribution in [1.29, 1.82) is 0 Å². The number of amides is 1. The number of pyridine rings is 1. The SMILES string of the molecule is CC(=O)N1N=C(COc2cccnc2)OC1(C)c1ccccc1. The van der Waals surface area contributed by atoms with E-state index in [0.29, 0.717) is 11.6 Å². The summed E-state index contributed by atoms with van der Waals surface area (Å²) in [5.41, 5.74) is -0.129. The van der Waals surface area contributed by atoms with Crippen LogP contribution in [-0.4, -0.2) is 28.4 Å². The largest absolute Gasteiger partial charge is 0.482 e. The third-order valence-corrected chi connectivity index (χ3v) is 3.54. The summed E-state index contributed by atoms with van der Waals surface area (Å²) in [4.78, 5) is 15.9. The van der Waals surface area contributed by atoms with E-state index in [1.165, 1.54) is 11.9 Å². The summed E-state index contributed by atoms with van der Waals surface area (Å²) in [6.45, 7) is 3.39. The second-order valence-electron chi connectivity index (χ2n) is 5.25. The van der Waals surface area contributed by atoms with Crippen molar-refractivity contribution < 1.29 is 14.3 Å². The molecule has 1 amide bonds. The molecule has 0 fully saturated rings. The van der Waals surface area contributed by atoms with E-state index in [-0.39, 0.29) is 12.5 Å². The van der Waals surface area contributed by atoms with Gasteiger partial charge >= 0.3 is 0 Å². The standard InChI is InChI=1S/C17H17N3O3/c1-13(21)20-17(2,14-7-4-3-5-8-14)23-16(19-20)12-22-15-9-6-10-18-11-15/h3-11H,12H2,1-2H3. The van der Waals surface area contributed by atoms with E-state index in [9.17, 15) is 4.79 Å². The zero-order valence-electron chi connectivity index (χ0n) is 13.0. The van der Waals surface area contributed by atoms with Gasteiger partial charge in [0.1, 0.15) is 5.75 Å². The van der Waals surface area contributed by atoms with Crippen molar-refractivity contribution in [3.63, 3.8) is 0 Å². The zero-order chi connectivity index (χ0) is 16.3. The van der Waals surface area contributed by atoms with Gasteiger partial charge in [0, 0.05) is 25.6 Å². The van der Waals surface area contributed by atoms with Crippen LogP contribution in [0.4, 0.5) is 0 Å². The average Bonchev–Trinajstić information content (AvgIpc) is 2.93. The molecule has 1 aromatic carbocycles. The molecule has 2 aromatic rings. The van der Waals surface area contributed by atoms with Crippen LogP contribution in [0.1, 0.15) is 19.4 Å². The number of carbonyl (C=O) groups is 1. The highest BCUT2D eigenvalue weighted by Crippen LogP contribution is 2.34. The molecule has 3 rings (SSSR count). The molecule has 2 heterocycles. The van der Waals surface area contributed by atoms with Crippen molar-refractivity contribution in [2.24, 2.45) is 5.10 Å². The Kier molecular flexibility index (Phi) is 3.97. The molecule has 1 aliphatic heterocycles. The first kappa shape index (κ1) is 15.0. The van der Waals surface area contributed by atoms with Gasteiger partial charge < -0.3 is 9.47 Å². The molecule has 1 aliphatic rings. The van der Waals surface area contributed by atoms with Crippen LogP contribution in [0, 0.1) is 0 Å². The number of nitrogens with zero attached hydrogens (tertiary/aromatic N) is 3. The van der Waals surface area contributed by atoms with Gasteiger partial charge in [-0.05, 0) is 12.1 Å². The first-order valence-electron chi connectivity index (χ1n) is 7.25. The number of hydrogen-bond donors (Lipinski definition) is 0. The molecule has 1 aromatic heterocycles. The van der Waals surface area contributed by atoms with Crippen molar-refractivity contribution in [1.82, 2.24) is 9.99 Å². The molecule has 1 unspecified atom stereocenters. The van der Waals surface area contributed by atoms with E-state index in [1.54, 1.807) is 24.5 Å². The van der Waals surface area contributed by atoms with Gasteiger partial charge in [-0.15, -0.1) is 5.10 Å². The lowest BCUT2D eigenvalue weighted by Gasteiger charge is -2.30. The zero-order valence-corrected chi connectivity index (χ0v) is 13.0. The van der Waals surface area contributed by atoms with E-state index < -0.39 is 5.72 Å². The molecule has 0 saturated carbocycles. The molecule has 1 atom stereocenters. The Morgan fingerprint density at radius 1 is 1.26 bits per heavy atom. The quantitative estimate of drug-likeness (QED) is 0.870. The van der Waals surface area contributed by atoms with Gasteiger partial charge in [-0.2, -0.15) is 5.01 Å². The van der Waals surface area contributed by atoms with E-state index in [1.807, 2.05) is 37.3 Å². The molecular weight excluding hydrogens is 294 g/mol. The molecule has 0 N–H and O–H groups in total. The van der Waals surface area contributed by atoms with Gasteiger partial charge in [0.25, 0.3) is 0 Å². The number of benzene rings is 1. The van der Waals surface area contributed by atoms with E-state index in [0.717, 1.165) is 5.56 Å². The Morgan fingerprint density at radius 2 is 2.04 bits per heavy atom. The molecule has 0 radical (unpaired) electrons. The summed E-state index contributed by atoms with van der Waals surface area (Å²) in [6.07, 6.45) is 3.27. The van der Waals surface area contributed by atoms with E-state index >= 15 is 0 Å². The van der Waals surface area contributed by atoms with Crippen LogP contribution in [0.2, 0.25) is 0 Å². The molecule has 0 aliphatic carbocycles. The molecule has 0 spiro atoms. The maximum atomic E-state index is 11.9. The van der Waals surface area contributed by atoms with Crippen LogP contribution in [0.3, 0.4) is 0 Å². The molecule has 23 heavy (non-hydrogen) atoms. The first-order valence-corrected chi connectivity index (χ1v) is 7.25. The molecule has 118 valence electrons. The van der Waals surface area contributed by atoms with Crippen molar-refractivity contribution in [3.05, 3.63) is 60.4 Å². The minimum Gasteiger partial charge on any atom is -0.482 e. The average molecular weight is 311 g/mol. The molecule has 0 bridgehead atoms. The Balaban J connectivity index is 1.79. The van der Waals surface area contributed by atoms with Crippen molar-refractivity contribution in [2.45, 2.75) is 19.6 Å². The lowest BCUT2D eigenvalue weighted by atomic mass is 10.0. The van der Waals surface area contributed by atoms with Crippen LogP contribution in [-0.2, 0) is 15.3 Å². The summed E-state index contributed by atoms with van der Waals surface area (Å²) < 4.78 is 11.5. The van der Waals surface area contributed by atoms with Crippen LogP contribution in [0.5, 0.6) is 5.75 Å². The second-order valence-corrected chi connectivity index (χ2v) is 5.25. The van der Waals surface area contributed by atoms with Crippen LogP contribution in [0.15, 0.2) is 60.0 Å². The summed E-state index contributed by atoms with van der Waals surface area (Å²) in [5.74, 6) is 0.754. The van der Waals surface area contributed by atoms with Crippen LogP contribution in [0.25, 0.3) is 0 Å². The number of rotatable bonds is 4. The Hall–Kier alpha value is -2.89. The summed E-state index contributed by atoms with van der Waals surface area (Å²) in [5, 5.41) is 5.60. The molecule has 6 heteroatoms. The van der Waals surface area contributed by atoms with Gasteiger partial charge in [-0.3, -0.25) is 9.78 Å². The number of hydrogen-bond acceptors (Lipinski definition) is 5. The molecule has 0 saturated heterocycles. The van der Waals surface area contributed by atoms with Crippen LogP contribution < -0.4 is 4.74 Å². The highest BCUT2D eigenvalue weighted by Gasteiger charge is 2.44. The van der Waals surface area contributed by atoms with Gasteiger partial charge in [0.15, 0.2) is 6.61 Å². The number of aromatic nitrogens is 1. The third kappa shape index (κ3) is 3.01. The van der Waals surface area contributed by atoms with E-state index in [2.05, 4.69) is 10.1 Å². The third-order valence-electron chi connectivity index (χ3n) is 3.54. The highest BCUT2D eigenvalue weighted by atomic mass is 16.6. The summed E-state index contributed by atoms with van der Waals surface area (Å²) in [6, 6.07) is 13.1. The van der Waals surface area contributed by atoms with Gasteiger partial charge in [-0.25, -0.2) is 0 Å². The summed E-state index contributed by atoms with van der Waals surface area (Å²) >= 11 is 0. The van der Waals surface area contributed by atoms with Gasteiger partial charge in [0.05, 0.1) is 6.20 Å². The van der Waals surface area contributed by atoms with Crippen molar-refractivity contribution in [2.75, 3.05) is 6.61 Å². The van der Waals surface area contributed by atoms with E-state index in [4.69, 9.17) is 9.47 Å². The number of ether oxygens (including phenoxy) is 2. The Bertz CT molecular complexity index is 718. The topological polar surface area (TPSA) is 64.0 Å². The fraction of sp³-hybridized carbons (Fsp3) is 0.235. The van der Waals surface area contributed by atoms with Crippen LogP contribution >= 0.6 is 0 Å². The second kappa shape index (κ2) is 6.08. The van der Waals surface area contributed by atoms with Crippen molar-refractivity contribution in [3.8, 4) is 5.75 Å². The fourth-order valence-corrected chi connectivity index (χ4v) is 2.44. The maximum Gasteiger partial charge on any atom is 0.247 e. The Morgan fingerprint density at radius 3 is 2.70 bits per heavy atom. The smallest absolute Gasteiger partial charge is 0.247 e. The lowest BCUT2D eigenvalue weighted by molar-refractivity contribution is -0.146. The molecule has 6 nitrogen and oxygen atoms in total. The van der Waals surface area contributed by atoms with Gasteiger partial charge in [-0.1, -0.05) is 30.3 Å². The van der Waals surface area contributed by atoms with Crippen molar-refractivity contribution >= 4 is 11.8 Å². The minimum absolute atomic E-state index is 0.123. The number of carbonyl (C=O) groups excluding carboxylic acids is 1. The lowest BCUT2D eigenvalue weighted by Crippen LogP contribution is -2.41. The molecular formula is C17H17N3O3. The predicted molar refractivity (Wildman–Crippen MR) is 84.6 cm³/mol. The van der Waals surface area contributed by atoms with Gasteiger partial charge in [0.2, 0.25) is 17.5 Å². The fourth-order valence-electron chi connectivity index (χ4n) is 2.44. The monoisotopic (exact) mass is 311 g/mol. The maximum absolute atomic E-state index is 11.9. The summed E-state index contributed by atoms with van der Waals surface area (Å²) in [7, 11) is 0. The minimum atomic E-state index is -0.972.